The van der Waals surface area contributed by atoms with Crippen molar-refractivity contribution in [2.24, 2.45) is 0 Å². The van der Waals surface area contributed by atoms with Gasteiger partial charge >= 0.3 is 0 Å². The number of β-amino-alcohol motifs (C(OH)–C–C–N with tert-alkyl or cyclic N) is 1. The SMILES string of the molecule is CN(C(=O)[C@@H]1CC(O)CN1)C(c1ccccc1)c1ccccc1. The van der Waals surface area contributed by atoms with Crippen LogP contribution in [-0.2, 0) is 4.79 Å². The van der Waals surface area contributed by atoms with Gasteiger partial charge in [-0.2, -0.15) is 0 Å². The van der Waals surface area contributed by atoms with E-state index in [9.17, 15) is 9.90 Å². The van der Waals surface area contributed by atoms with E-state index in [1.165, 1.54) is 0 Å². The first-order valence-corrected chi connectivity index (χ1v) is 7.95. The molecule has 1 saturated heterocycles. The maximum Gasteiger partial charge on any atom is 0.240 e. The number of carbonyl (C=O) groups is 1. The zero-order chi connectivity index (χ0) is 16.2. The summed E-state index contributed by atoms with van der Waals surface area (Å²) in [5.41, 5.74) is 2.15. The summed E-state index contributed by atoms with van der Waals surface area (Å²) in [6, 6.07) is 19.6. The molecule has 2 aromatic carbocycles. The summed E-state index contributed by atoms with van der Waals surface area (Å²) in [4.78, 5) is 14.6. The molecule has 1 aliphatic rings. The van der Waals surface area contributed by atoms with Gasteiger partial charge in [0.25, 0.3) is 0 Å². The number of amides is 1. The second-order valence-electron chi connectivity index (χ2n) is 6.02. The lowest BCUT2D eigenvalue weighted by atomic mass is 9.96. The van der Waals surface area contributed by atoms with Crippen LogP contribution in [0.2, 0.25) is 0 Å². The molecule has 2 atom stereocenters. The Hall–Kier alpha value is -2.17. The molecule has 2 N–H and O–H groups in total. The standard InChI is InChI=1S/C19H22N2O2/c1-21(19(23)17-12-16(22)13-20-17)18(14-8-4-2-5-9-14)15-10-6-3-7-11-15/h2-11,16-18,20,22H,12-13H2,1H3/t16?,17-/m0/s1. The van der Waals surface area contributed by atoms with Crippen LogP contribution in [-0.4, -0.2) is 41.7 Å². The van der Waals surface area contributed by atoms with Crippen molar-refractivity contribution in [3.05, 3.63) is 71.8 Å². The second kappa shape index (κ2) is 6.94. The predicted molar refractivity (Wildman–Crippen MR) is 89.9 cm³/mol. The van der Waals surface area contributed by atoms with Crippen molar-refractivity contribution >= 4 is 5.91 Å². The maximum atomic E-state index is 12.8. The van der Waals surface area contributed by atoms with Crippen LogP contribution in [0.3, 0.4) is 0 Å². The molecule has 2 aromatic rings. The average Bonchev–Trinajstić information content (AvgIpc) is 3.03. The molecule has 0 saturated carbocycles. The number of aliphatic hydroxyl groups is 1. The highest BCUT2D eigenvalue weighted by Crippen LogP contribution is 2.28. The van der Waals surface area contributed by atoms with Crippen molar-refractivity contribution in [3.63, 3.8) is 0 Å². The zero-order valence-electron chi connectivity index (χ0n) is 13.2. The summed E-state index contributed by atoms with van der Waals surface area (Å²) < 4.78 is 0. The summed E-state index contributed by atoms with van der Waals surface area (Å²) in [6.07, 6.45) is 0.0312. The van der Waals surface area contributed by atoms with E-state index < -0.39 is 6.10 Å². The fraction of sp³-hybridized carbons (Fsp3) is 0.316. The third kappa shape index (κ3) is 3.44. The first kappa shape index (κ1) is 15.7. The molecular weight excluding hydrogens is 288 g/mol. The van der Waals surface area contributed by atoms with Gasteiger partial charge < -0.3 is 15.3 Å². The topological polar surface area (TPSA) is 52.6 Å². The molecule has 1 heterocycles. The first-order valence-electron chi connectivity index (χ1n) is 7.95. The smallest absolute Gasteiger partial charge is 0.240 e. The van der Waals surface area contributed by atoms with Gasteiger partial charge in [-0.25, -0.2) is 0 Å². The Balaban J connectivity index is 1.90. The minimum absolute atomic E-state index is 0.0132. The van der Waals surface area contributed by atoms with Crippen LogP contribution in [0, 0.1) is 0 Å². The Morgan fingerprint density at radius 2 is 1.61 bits per heavy atom. The Bertz CT molecular complexity index is 605. The highest BCUT2D eigenvalue weighted by atomic mass is 16.3. The lowest BCUT2D eigenvalue weighted by Crippen LogP contribution is -2.43. The molecule has 3 rings (SSSR count). The van der Waals surface area contributed by atoms with Crippen molar-refractivity contribution in [2.45, 2.75) is 24.6 Å². The van der Waals surface area contributed by atoms with Crippen LogP contribution in [0.1, 0.15) is 23.6 Å². The molecule has 0 radical (unpaired) electrons. The molecule has 0 aliphatic carbocycles. The highest BCUT2D eigenvalue weighted by molar-refractivity contribution is 5.83. The third-order valence-electron chi connectivity index (χ3n) is 4.37. The summed E-state index contributed by atoms with van der Waals surface area (Å²) in [7, 11) is 1.83. The summed E-state index contributed by atoms with van der Waals surface area (Å²) in [5, 5.41) is 12.8. The normalized spacial score (nSPS) is 20.7. The van der Waals surface area contributed by atoms with Crippen molar-refractivity contribution < 1.29 is 9.90 Å². The maximum absolute atomic E-state index is 12.8. The quantitative estimate of drug-likeness (QED) is 0.907. The highest BCUT2D eigenvalue weighted by Gasteiger charge is 2.33. The summed E-state index contributed by atoms with van der Waals surface area (Å²) in [5.74, 6) is 0.0132. The van der Waals surface area contributed by atoms with E-state index in [1.807, 2.05) is 67.7 Å². The average molecular weight is 310 g/mol. The number of aliphatic hydroxyl groups excluding tert-OH is 1. The van der Waals surface area contributed by atoms with Gasteiger partial charge in [-0.1, -0.05) is 60.7 Å². The number of likely N-dealkylation sites (N-methyl/N-ethyl adjacent to an activating group) is 1. The largest absolute Gasteiger partial charge is 0.392 e. The molecular formula is C19H22N2O2. The monoisotopic (exact) mass is 310 g/mol. The van der Waals surface area contributed by atoms with E-state index in [2.05, 4.69) is 5.32 Å². The molecule has 1 aliphatic heterocycles. The van der Waals surface area contributed by atoms with Crippen LogP contribution in [0.25, 0.3) is 0 Å². The zero-order valence-corrected chi connectivity index (χ0v) is 13.2. The molecule has 4 heteroatoms. The lowest BCUT2D eigenvalue weighted by Gasteiger charge is -2.31. The van der Waals surface area contributed by atoms with Crippen LogP contribution < -0.4 is 5.32 Å². The number of nitrogens with one attached hydrogen (secondary N) is 1. The number of nitrogens with zero attached hydrogens (tertiary/aromatic N) is 1. The van der Waals surface area contributed by atoms with Crippen molar-refractivity contribution in [1.82, 2.24) is 10.2 Å². The molecule has 0 bridgehead atoms. The van der Waals surface area contributed by atoms with Crippen LogP contribution in [0.5, 0.6) is 0 Å². The molecule has 4 nitrogen and oxygen atoms in total. The fourth-order valence-electron chi connectivity index (χ4n) is 3.19. The predicted octanol–water partition coefficient (Wildman–Crippen LogP) is 1.96. The minimum Gasteiger partial charge on any atom is -0.392 e. The molecule has 1 unspecified atom stereocenters. The van der Waals surface area contributed by atoms with Gasteiger partial charge in [0.15, 0.2) is 0 Å². The first-order chi connectivity index (χ1) is 11.2. The van der Waals surface area contributed by atoms with E-state index >= 15 is 0 Å². The Morgan fingerprint density at radius 3 is 2.04 bits per heavy atom. The molecule has 120 valence electrons. The summed E-state index contributed by atoms with van der Waals surface area (Å²) in [6.45, 7) is 0.478. The van der Waals surface area contributed by atoms with E-state index in [-0.39, 0.29) is 18.0 Å². The number of rotatable bonds is 4. The Labute approximate surface area is 136 Å². The van der Waals surface area contributed by atoms with Gasteiger partial charge in [-0.15, -0.1) is 0 Å². The minimum atomic E-state index is -0.441. The molecule has 0 aromatic heterocycles. The van der Waals surface area contributed by atoms with Gasteiger partial charge in [-0.05, 0) is 17.5 Å². The Morgan fingerprint density at radius 1 is 1.09 bits per heavy atom. The molecule has 1 amide bonds. The molecule has 0 spiro atoms. The summed E-state index contributed by atoms with van der Waals surface area (Å²) >= 11 is 0. The number of carbonyl (C=O) groups excluding carboxylic acids is 1. The van der Waals surface area contributed by atoms with E-state index in [1.54, 1.807) is 4.90 Å². The number of benzene rings is 2. The van der Waals surface area contributed by atoms with Gasteiger partial charge in [0.2, 0.25) is 5.91 Å². The fourth-order valence-corrected chi connectivity index (χ4v) is 3.19. The van der Waals surface area contributed by atoms with Gasteiger partial charge in [0.1, 0.15) is 0 Å². The van der Waals surface area contributed by atoms with Gasteiger partial charge in [0, 0.05) is 13.6 Å². The van der Waals surface area contributed by atoms with Crippen LogP contribution in [0.4, 0.5) is 0 Å². The van der Waals surface area contributed by atoms with Crippen molar-refractivity contribution in [3.8, 4) is 0 Å². The van der Waals surface area contributed by atoms with Crippen LogP contribution in [0.15, 0.2) is 60.7 Å². The van der Waals surface area contributed by atoms with Crippen molar-refractivity contribution in [1.29, 1.82) is 0 Å². The van der Waals surface area contributed by atoms with E-state index in [0.29, 0.717) is 13.0 Å². The van der Waals surface area contributed by atoms with Gasteiger partial charge in [-0.3, -0.25) is 4.79 Å². The number of hydrogen-bond donors (Lipinski definition) is 2. The molecule has 1 fully saturated rings. The van der Waals surface area contributed by atoms with Crippen molar-refractivity contribution in [2.75, 3.05) is 13.6 Å². The number of hydrogen-bond acceptors (Lipinski definition) is 3. The van der Waals surface area contributed by atoms with Gasteiger partial charge in [0.05, 0.1) is 18.2 Å². The second-order valence-corrected chi connectivity index (χ2v) is 6.02. The van der Waals surface area contributed by atoms with Crippen LogP contribution >= 0.6 is 0 Å². The molecule has 23 heavy (non-hydrogen) atoms. The van der Waals surface area contributed by atoms with E-state index in [0.717, 1.165) is 11.1 Å². The Kier molecular flexibility index (Phi) is 4.74. The van der Waals surface area contributed by atoms with E-state index in [4.69, 9.17) is 0 Å². The third-order valence-corrected chi connectivity index (χ3v) is 4.37. The lowest BCUT2D eigenvalue weighted by molar-refractivity contribution is -0.133.